The zero-order valence-electron chi connectivity index (χ0n) is 28.7. The van der Waals surface area contributed by atoms with E-state index in [9.17, 15) is 19.2 Å². The molecule has 0 fully saturated rings. The molecule has 0 saturated heterocycles. The minimum absolute atomic E-state index is 0.139. The summed E-state index contributed by atoms with van der Waals surface area (Å²) in [6.45, 7) is 4.36. The molecule has 2 heterocycles. The van der Waals surface area contributed by atoms with Gasteiger partial charge in [-0.05, 0) is 83.8 Å². The van der Waals surface area contributed by atoms with Crippen molar-refractivity contribution in [2.45, 2.75) is 58.3 Å². The molecule has 6 heteroatoms. The molecule has 0 amide bonds. The minimum Gasteiger partial charge on any atom is -0.277 e. The van der Waals surface area contributed by atoms with Crippen molar-refractivity contribution in [3.63, 3.8) is 0 Å². The second kappa shape index (κ2) is 13.7. The Morgan fingerprint density at radius 3 is 1.36 bits per heavy atom. The maximum Gasteiger partial charge on any atom is 0.266 e. The lowest BCUT2D eigenvalue weighted by atomic mass is 9.85. The summed E-state index contributed by atoms with van der Waals surface area (Å²) in [6, 6.07) is 37.0. The van der Waals surface area contributed by atoms with Crippen molar-refractivity contribution in [2.24, 2.45) is 7.05 Å². The molecule has 0 radical (unpaired) electrons. The molecular weight excluding hydrogens is 620 g/mol. The summed E-state index contributed by atoms with van der Waals surface area (Å²) in [5.74, 6) is 0.335. The third-order valence-corrected chi connectivity index (χ3v) is 10.1. The molecule has 0 aliphatic heterocycles. The third-order valence-electron chi connectivity index (χ3n) is 10.1. The molecule has 50 heavy (non-hydrogen) atoms. The number of benzene rings is 5. The molecule has 7 aromatic rings. The Morgan fingerprint density at radius 1 is 0.520 bits per heavy atom. The second-order valence-corrected chi connectivity index (χ2v) is 13.6. The van der Waals surface area contributed by atoms with Crippen LogP contribution in [0.15, 0.2) is 128 Å². The van der Waals surface area contributed by atoms with E-state index in [1.54, 1.807) is 12.1 Å². The third kappa shape index (κ3) is 6.29. The average Bonchev–Trinajstić information content (AvgIpc) is 3.50. The predicted octanol–water partition coefficient (Wildman–Crippen LogP) is 7.64. The van der Waals surface area contributed by atoms with Crippen molar-refractivity contribution in [1.29, 1.82) is 0 Å². The average molecular weight is 661 g/mol. The summed E-state index contributed by atoms with van der Waals surface area (Å²) >= 11 is 0. The first-order valence-corrected chi connectivity index (χ1v) is 17.4. The topological polar surface area (TPSA) is 78.1 Å². The Labute approximate surface area is 290 Å². The molecule has 5 aromatic carbocycles. The lowest BCUT2D eigenvalue weighted by Crippen LogP contribution is -2.23. The fraction of sp³-hybridized carbons (Fsp3) is 0.227. The van der Waals surface area contributed by atoms with Gasteiger partial charge < -0.3 is 0 Å². The smallest absolute Gasteiger partial charge is 0.266 e. The molecule has 0 aliphatic rings. The first-order valence-electron chi connectivity index (χ1n) is 17.4. The van der Waals surface area contributed by atoms with E-state index in [1.807, 2.05) is 12.1 Å². The minimum atomic E-state index is -0.500. The highest BCUT2D eigenvalue weighted by molar-refractivity contribution is 5.98. The molecule has 0 bridgehead atoms. The van der Waals surface area contributed by atoms with Crippen molar-refractivity contribution in [2.75, 3.05) is 0 Å². The quantitative estimate of drug-likeness (QED) is 0.134. The summed E-state index contributed by atoms with van der Waals surface area (Å²) in [4.78, 5) is 51.6. The van der Waals surface area contributed by atoms with Crippen molar-refractivity contribution < 1.29 is 0 Å². The summed E-state index contributed by atoms with van der Waals surface area (Å²) in [6.07, 6.45) is 6.34. The van der Waals surface area contributed by atoms with E-state index in [0.29, 0.717) is 18.0 Å². The SMILES string of the molecule is CCCCCC(c1ccc(Cc2ccc(C)cc2)cc1)c1ccc(Cc2ccc(-n3c(=O)c4cc5c(=O)n(C)c(=O)c5cc4c3=O)cc2)cc1. The van der Waals surface area contributed by atoms with Crippen LogP contribution in [0.3, 0.4) is 0 Å². The molecule has 6 nitrogen and oxygen atoms in total. The van der Waals surface area contributed by atoms with Gasteiger partial charge in [-0.15, -0.1) is 0 Å². The lowest BCUT2D eigenvalue weighted by Gasteiger charge is -2.19. The van der Waals surface area contributed by atoms with Crippen molar-refractivity contribution in [3.05, 3.63) is 190 Å². The normalized spacial score (nSPS) is 12.2. The Kier molecular flexibility index (Phi) is 9.02. The van der Waals surface area contributed by atoms with Gasteiger partial charge in [-0.3, -0.25) is 23.7 Å². The molecule has 1 unspecified atom stereocenters. The number of aromatic nitrogens is 2. The number of fused-ring (bicyclic) bond motifs is 2. The number of nitrogens with zero attached hydrogens (tertiary/aromatic N) is 2. The highest BCUT2D eigenvalue weighted by Crippen LogP contribution is 2.31. The van der Waals surface area contributed by atoms with Crippen LogP contribution in [0.4, 0.5) is 0 Å². The largest absolute Gasteiger partial charge is 0.277 e. The van der Waals surface area contributed by atoms with Crippen LogP contribution >= 0.6 is 0 Å². The van der Waals surface area contributed by atoms with Crippen LogP contribution in [0, 0.1) is 6.92 Å². The fourth-order valence-corrected chi connectivity index (χ4v) is 7.13. The molecular formula is C44H40N2O4. The van der Waals surface area contributed by atoms with Crippen LogP contribution in [0.2, 0.25) is 0 Å². The fourth-order valence-electron chi connectivity index (χ4n) is 7.13. The van der Waals surface area contributed by atoms with Gasteiger partial charge >= 0.3 is 0 Å². The van der Waals surface area contributed by atoms with Crippen LogP contribution in [0.25, 0.3) is 27.2 Å². The molecule has 0 saturated carbocycles. The van der Waals surface area contributed by atoms with E-state index >= 15 is 0 Å². The summed E-state index contributed by atoms with van der Waals surface area (Å²) in [7, 11) is 1.39. The van der Waals surface area contributed by atoms with Crippen LogP contribution < -0.4 is 22.2 Å². The van der Waals surface area contributed by atoms with Crippen molar-refractivity contribution in [3.8, 4) is 5.69 Å². The van der Waals surface area contributed by atoms with Crippen LogP contribution in [-0.4, -0.2) is 9.13 Å². The number of unbranched alkanes of at least 4 members (excludes halogenated alkanes) is 2. The molecule has 7 rings (SSSR count). The molecule has 0 aliphatic carbocycles. The molecule has 250 valence electrons. The second-order valence-electron chi connectivity index (χ2n) is 13.6. The van der Waals surface area contributed by atoms with Gasteiger partial charge in [0.15, 0.2) is 0 Å². The molecule has 0 spiro atoms. The molecule has 0 N–H and O–H groups in total. The van der Waals surface area contributed by atoms with Gasteiger partial charge in [-0.2, -0.15) is 0 Å². The highest BCUT2D eigenvalue weighted by Gasteiger charge is 2.19. The standard InChI is InChI=1S/C44H40N2O4/c1-4-5-6-7-36(33-18-12-30(13-19-33)24-29-10-8-28(2)9-11-29)34-20-14-31(15-21-34)25-32-16-22-35(23-17-32)46-43(49)39-26-37-38(27-40(39)44(46)50)42(48)45(3)41(37)47/h8-23,26-27,36H,4-7,24-25H2,1-3H3. The molecule has 2 aromatic heterocycles. The number of rotatable bonds is 11. The Morgan fingerprint density at radius 2 is 0.920 bits per heavy atom. The van der Waals surface area contributed by atoms with Gasteiger partial charge in [0.25, 0.3) is 22.2 Å². The van der Waals surface area contributed by atoms with Crippen LogP contribution in [-0.2, 0) is 19.9 Å². The van der Waals surface area contributed by atoms with Gasteiger partial charge in [-0.25, -0.2) is 4.57 Å². The molecule has 1 atom stereocenters. The Balaban J connectivity index is 1.09. The van der Waals surface area contributed by atoms with E-state index in [4.69, 9.17) is 0 Å². The van der Waals surface area contributed by atoms with E-state index < -0.39 is 22.2 Å². The van der Waals surface area contributed by atoms with Gasteiger partial charge in [-0.1, -0.05) is 117 Å². The zero-order valence-corrected chi connectivity index (χ0v) is 28.7. The van der Waals surface area contributed by atoms with Crippen molar-refractivity contribution in [1.82, 2.24) is 9.13 Å². The summed E-state index contributed by atoms with van der Waals surface area (Å²) in [5.41, 5.74) is 7.32. The van der Waals surface area contributed by atoms with Crippen molar-refractivity contribution >= 4 is 21.5 Å². The maximum atomic E-state index is 13.3. The summed E-state index contributed by atoms with van der Waals surface area (Å²) < 4.78 is 2.11. The first kappa shape index (κ1) is 32.9. The van der Waals surface area contributed by atoms with Gasteiger partial charge in [0.05, 0.1) is 27.2 Å². The number of hydrogen-bond acceptors (Lipinski definition) is 4. The van der Waals surface area contributed by atoms with Gasteiger partial charge in [0.2, 0.25) is 0 Å². The van der Waals surface area contributed by atoms with Crippen LogP contribution in [0.1, 0.15) is 77.5 Å². The van der Waals surface area contributed by atoms with E-state index in [1.165, 1.54) is 71.8 Å². The van der Waals surface area contributed by atoms with E-state index in [2.05, 4.69) is 86.6 Å². The zero-order chi connectivity index (χ0) is 34.9. The van der Waals surface area contributed by atoms with Crippen LogP contribution in [0.5, 0.6) is 0 Å². The first-order chi connectivity index (χ1) is 24.2. The maximum absolute atomic E-state index is 13.3. The van der Waals surface area contributed by atoms with Gasteiger partial charge in [0, 0.05) is 13.0 Å². The van der Waals surface area contributed by atoms with E-state index in [0.717, 1.165) is 27.5 Å². The predicted molar refractivity (Wildman–Crippen MR) is 203 cm³/mol. The monoisotopic (exact) mass is 660 g/mol. The highest BCUT2D eigenvalue weighted by atomic mass is 16.2. The number of hydrogen-bond donors (Lipinski definition) is 0. The number of aryl methyl sites for hydroxylation is 1. The Hall–Kier alpha value is -5.62. The van der Waals surface area contributed by atoms with Gasteiger partial charge in [0.1, 0.15) is 0 Å². The lowest BCUT2D eigenvalue weighted by molar-refractivity contribution is 0.618. The Bertz CT molecular complexity index is 2430. The summed E-state index contributed by atoms with van der Waals surface area (Å²) in [5, 5.41) is 0.584. The van der Waals surface area contributed by atoms with E-state index in [-0.39, 0.29) is 21.5 Å².